The van der Waals surface area contributed by atoms with E-state index in [1.54, 1.807) is 6.07 Å². The van der Waals surface area contributed by atoms with Crippen molar-refractivity contribution >= 4 is 15.9 Å². The van der Waals surface area contributed by atoms with Crippen LogP contribution in [0.4, 0.5) is 13.2 Å². The second-order valence-corrected chi connectivity index (χ2v) is 3.61. The van der Waals surface area contributed by atoms with Crippen molar-refractivity contribution in [2.75, 3.05) is 6.54 Å². The van der Waals surface area contributed by atoms with Crippen LogP contribution in [0.5, 0.6) is 5.75 Å². The van der Waals surface area contributed by atoms with Gasteiger partial charge in [-0.3, -0.25) is 0 Å². The Kier molecular flexibility index (Phi) is 4.21. The number of benzene rings is 1. The van der Waals surface area contributed by atoms with E-state index in [-0.39, 0.29) is 17.9 Å². The van der Waals surface area contributed by atoms with Gasteiger partial charge in [0.1, 0.15) is 5.75 Å². The number of nitrogens with two attached hydrogens (primary N) is 1. The molecule has 16 heavy (non-hydrogen) atoms. The lowest BCUT2D eigenvalue weighted by Crippen LogP contribution is -2.17. The fourth-order valence-electron chi connectivity index (χ4n) is 0.955. The van der Waals surface area contributed by atoms with E-state index in [1.165, 1.54) is 12.1 Å². The Morgan fingerprint density at radius 2 is 2.06 bits per heavy atom. The lowest BCUT2D eigenvalue weighted by Gasteiger charge is -2.10. The molecule has 0 heterocycles. The van der Waals surface area contributed by atoms with Crippen LogP contribution < -0.4 is 10.5 Å². The van der Waals surface area contributed by atoms with Gasteiger partial charge >= 0.3 is 6.36 Å². The van der Waals surface area contributed by atoms with Crippen LogP contribution in [-0.2, 0) is 0 Å². The maximum absolute atomic E-state index is 12.1. The molecular formula is C10H7BrF3NO. The van der Waals surface area contributed by atoms with E-state index < -0.39 is 6.36 Å². The van der Waals surface area contributed by atoms with Gasteiger partial charge in [0.05, 0.1) is 12.1 Å². The Morgan fingerprint density at radius 3 is 2.62 bits per heavy atom. The monoisotopic (exact) mass is 293 g/mol. The third-order valence-electron chi connectivity index (χ3n) is 1.49. The molecule has 2 nitrogen and oxygen atoms in total. The Hall–Kier alpha value is -1.19. The molecule has 1 aromatic carbocycles. The van der Waals surface area contributed by atoms with Gasteiger partial charge in [0.15, 0.2) is 0 Å². The number of alkyl halides is 3. The zero-order chi connectivity index (χ0) is 12.2. The van der Waals surface area contributed by atoms with Crippen molar-refractivity contribution in [3.63, 3.8) is 0 Å². The standard InChI is InChI=1S/C10H7BrF3NO/c11-8-4-3-7(2-1-5-15)9(6-8)16-10(12,13)14/h3-4,6H,5,15H2. The van der Waals surface area contributed by atoms with Gasteiger partial charge in [-0.25, -0.2) is 0 Å². The van der Waals surface area contributed by atoms with E-state index in [9.17, 15) is 13.2 Å². The van der Waals surface area contributed by atoms with Crippen molar-refractivity contribution < 1.29 is 17.9 Å². The number of hydrogen-bond acceptors (Lipinski definition) is 2. The number of rotatable bonds is 1. The van der Waals surface area contributed by atoms with E-state index in [1.807, 2.05) is 0 Å². The minimum Gasteiger partial charge on any atom is -0.404 e. The Balaban J connectivity index is 3.08. The Morgan fingerprint density at radius 1 is 1.38 bits per heavy atom. The third kappa shape index (κ3) is 4.13. The smallest absolute Gasteiger partial charge is 0.404 e. The molecule has 0 aliphatic heterocycles. The number of hydrogen-bond donors (Lipinski definition) is 1. The fraction of sp³-hybridized carbons (Fsp3) is 0.200. The van der Waals surface area contributed by atoms with Crippen LogP contribution in [0, 0.1) is 11.8 Å². The summed E-state index contributed by atoms with van der Waals surface area (Å²) in [5.74, 6) is 4.62. The topological polar surface area (TPSA) is 35.2 Å². The van der Waals surface area contributed by atoms with E-state index >= 15 is 0 Å². The molecule has 0 fully saturated rings. The van der Waals surface area contributed by atoms with Crippen LogP contribution in [0.25, 0.3) is 0 Å². The van der Waals surface area contributed by atoms with Crippen molar-refractivity contribution in [2.45, 2.75) is 6.36 Å². The molecule has 0 bridgehead atoms. The summed E-state index contributed by atoms with van der Waals surface area (Å²) in [6, 6.07) is 4.20. The maximum atomic E-state index is 12.1. The summed E-state index contributed by atoms with van der Waals surface area (Å²) in [5.41, 5.74) is 5.28. The van der Waals surface area contributed by atoms with Crippen molar-refractivity contribution in [1.82, 2.24) is 0 Å². The average Bonchev–Trinajstić information content (AvgIpc) is 2.14. The molecule has 0 atom stereocenters. The molecule has 0 aliphatic carbocycles. The fourth-order valence-corrected chi connectivity index (χ4v) is 1.29. The summed E-state index contributed by atoms with van der Waals surface area (Å²) in [4.78, 5) is 0. The van der Waals surface area contributed by atoms with Crippen molar-refractivity contribution in [1.29, 1.82) is 0 Å². The molecular weight excluding hydrogens is 287 g/mol. The molecule has 2 N–H and O–H groups in total. The zero-order valence-electron chi connectivity index (χ0n) is 7.94. The van der Waals surface area contributed by atoms with Gasteiger partial charge in [-0.15, -0.1) is 13.2 Å². The van der Waals surface area contributed by atoms with Crippen LogP contribution in [0.2, 0.25) is 0 Å². The van der Waals surface area contributed by atoms with Gasteiger partial charge in [0.2, 0.25) is 0 Å². The van der Waals surface area contributed by atoms with Crippen molar-refractivity contribution in [2.24, 2.45) is 5.73 Å². The van der Waals surface area contributed by atoms with Gasteiger partial charge in [-0.2, -0.15) is 0 Å². The van der Waals surface area contributed by atoms with Crippen LogP contribution >= 0.6 is 15.9 Å². The highest BCUT2D eigenvalue weighted by Gasteiger charge is 2.32. The largest absolute Gasteiger partial charge is 0.573 e. The molecule has 0 aliphatic rings. The van der Waals surface area contributed by atoms with Crippen LogP contribution in [0.1, 0.15) is 5.56 Å². The minimum atomic E-state index is -4.74. The van der Waals surface area contributed by atoms with E-state index in [0.717, 1.165) is 0 Å². The van der Waals surface area contributed by atoms with Gasteiger partial charge in [0.25, 0.3) is 0 Å². The molecule has 1 aromatic rings. The summed E-state index contributed by atoms with van der Waals surface area (Å²) in [6.45, 7) is 0.0710. The maximum Gasteiger partial charge on any atom is 0.573 e. The van der Waals surface area contributed by atoms with Gasteiger partial charge in [0, 0.05) is 4.47 Å². The summed E-state index contributed by atoms with van der Waals surface area (Å²) < 4.78 is 40.5. The predicted octanol–water partition coefficient (Wildman–Crippen LogP) is 2.66. The summed E-state index contributed by atoms with van der Waals surface area (Å²) in [5, 5.41) is 0. The zero-order valence-corrected chi connectivity index (χ0v) is 9.52. The highest BCUT2D eigenvalue weighted by Crippen LogP contribution is 2.28. The molecule has 0 saturated heterocycles. The van der Waals surface area contributed by atoms with Crippen LogP contribution in [0.3, 0.4) is 0 Å². The Bertz CT molecular complexity index is 434. The van der Waals surface area contributed by atoms with E-state index in [0.29, 0.717) is 4.47 Å². The number of halogens is 4. The van der Waals surface area contributed by atoms with Gasteiger partial charge in [-0.1, -0.05) is 27.8 Å². The first-order valence-corrected chi connectivity index (χ1v) is 4.96. The molecule has 0 spiro atoms. The average molecular weight is 294 g/mol. The van der Waals surface area contributed by atoms with Crippen molar-refractivity contribution in [3.05, 3.63) is 28.2 Å². The molecule has 0 aromatic heterocycles. The molecule has 6 heteroatoms. The minimum absolute atomic E-state index is 0.0710. The van der Waals surface area contributed by atoms with Crippen LogP contribution in [0.15, 0.2) is 22.7 Å². The predicted molar refractivity (Wildman–Crippen MR) is 56.8 cm³/mol. The lowest BCUT2D eigenvalue weighted by atomic mass is 10.2. The summed E-state index contributed by atoms with van der Waals surface area (Å²) >= 11 is 3.05. The first-order chi connectivity index (χ1) is 7.42. The highest BCUT2D eigenvalue weighted by atomic mass is 79.9. The molecule has 0 saturated carbocycles. The Labute approximate surface area is 98.7 Å². The first-order valence-electron chi connectivity index (χ1n) is 4.16. The lowest BCUT2D eigenvalue weighted by molar-refractivity contribution is -0.274. The molecule has 0 amide bonds. The third-order valence-corrected chi connectivity index (χ3v) is 1.99. The molecule has 0 unspecified atom stereocenters. The van der Waals surface area contributed by atoms with Crippen LogP contribution in [-0.4, -0.2) is 12.9 Å². The normalized spacial score (nSPS) is 10.6. The van der Waals surface area contributed by atoms with Gasteiger partial charge in [-0.05, 0) is 18.2 Å². The second kappa shape index (κ2) is 5.23. The first kappa shape index (κ1) is 12.9. The number of ether oxygens (including phenoxy) is 1. The van der Waals surface area contributed by atoms with E-state index in [4.69, 9.17) is 5.73 Å². The van der Waals surface area contributed by atoms with Gasteiger partial charge < -0.3 is 10.5 Å². The summed E-state index contributed by atoms with van der Waals surface area (Å²) in [7, 11) is 0. The highest BCUT2D eigenvalue weighted by molar-refractivity contribution is 9.10. The quantitative estimate of drug-likeness (QED) is 0.808. The molecule has 86 valence electrons. The summed E-state index contributed by atoms with van der Waals surface area (Å²) in [6.07, 6.45) is -4.74. The molecule has 0 radical (unpaired) electrons. The van der Waals surface area contributed by atoms with E-state index in [2.05, 4.69) is 32.5 Å². The molecule has 1 rings (SSSR count). The van der Waals surface area contributed by atoms with Crippen molar-refractivity contribution in [3.8, 4) is 17.6 Å². The second-order valence-electron chi connectivity index (χ2n) is 2.69. The SMILES string of the molecule is NCC#Cc1ccc(Br)cc1OC(F)(F)F.